The number of rotatable bonds is 9. The Balaban J connectivity index is 1.43. The molecule has 2 aliphatic rings. The third-order valence-corrected chi connectivity index (χ3v) is 15.3. The van der Waals surface area contributed by atoms with Gasteiger partial charge >= 0.3 is 11.9 Å². The Kier molecular flexibility index (Phi) is 20.7. The number of ether oxygens (including phenoxy) is 2. The zero-order valence-corrected chi connectivity index (χ0v) is 47.9. The van der Waals surface area contributed by atoms with E-state index in [1.165, 1.54) is 59.3 Å². The first kappa shape index (κ1) is 61.8. The second-order valence-electron chi connectivity index (χ2n) is 21.5. The standard InChI is InChI=1S/C57H74N12O12/c1-30(2)32(5)46-56(78)80-28-36(25-60-49(71)41-26-58-37-19-13-15-21-39(37)63-41)48(70)61-34(7)52(74)66(9)44-23-17-18-24-45(54(76)68(46)11)67(10)53(75)35(8)62-51(73)43(29-81-57(79)47(33(6)31(3)4)69(12)55(44)77)65-50(72)42-27-59-38-20-14-16-22-40(38)64-42/h13-22,26-27,30-36,43-47H,23-25,28-29H2,1-12H3,(H,60,71)(H,61,70)(H,62,73)(H,65,72)/b18-17-/t32-,33-,34+,35+,36-,43-,44+,45+,46-,47?/m1/s1. The van der Waals surface area contributed by atoms with E-state index in [9.17, 15) is 38.4 Å². The predicted octanol–water partition coefficient (Wildman–Crippen LogP) is 2.07. The number of nitrogens with one attached hydrogen (secondary N) is 4. The molecule has 2 aliphatic heterocycles. The van der Waals surface area contributed by atoms with Crippen molar-refractivity contribution in [2.24, 2.45) is 29.6 Å². The zero-order chi connectivity index (χ0) is 59.6. The molecular weight excluding hydrogens is 1040 g/mol. The van der Waals surface area contributed by atoms with E-state index in [1.807, 2.05) is 27.7 Å². The Morgan fingerprint density at radius 3 is 1.42 bits per heavy atom. The first-order valence-corrected chi connectivity index (χ1v) is 27.0. The Labute approximate surface area is 470 Å². The van der Waals surface area contributed by atoms with Crippen molar-refractivity contribution >= 4 is 81.3 Å². The van der Waals surface area contributed by atoms with E-state index >= 15 is 9.59 Å². The molecule has 2 aromatic heterocycles. The summed E-state index contributed by atoms with van der Waals surface area (Å²) in [5, 5.41) is 10.5. The normalized spacial score (nSPS) is 25.0. The van der Waals surface area contributed by atoms with E-state index in [1.54, 1.807) is 74.5 Å². The van der Waals surface area contributed by atoms with Crippen molar-refractivity contribution < 1.29 is 57.4 Å². The fourth-order valence-corrected chi connectivity index (χ4v) is 9.51. The number of esters is 2. The van der Waals surface area contributed by atoms with Gasteiger partial charge in [0.25, 0.3) is 11.8 Å². The third-order valence-electron chi connectivity index (χ3n) is 15.3. The molecule has 24 nitrogen and oxygen atoms in total. The summed E-state index contributed by atoms with van der Waals surface area (Å²) in [6.45, 7) is 11.7. The van der Waals surface area contributed by atoms with Crippen LogP contribution in [0.3, 0.4) is 0 Å². The van der Waals surface area contributed by atoms with E-state index in [2.05, 4.69) is 41.2 Å². The van der Waals surface area contributed by atoms with Crippen molar-refractivity contribution in [1.29, 1.82) is 0 Å². The number of benzene rings is 2. The fraction of sp³-hybridized carbons (Fsp3) is 0.509. The van der Waals surface area contributed by atoms with Crippen LogP contribution in [0.2, 0.25) is 0 Å². The lowest BCUT2D eigenvalue weighted by Gasteiger charge is -2.38. The van der Waals surface area contributed by atoms with Crippen molar-refractivity contribution in [2.75, 3.05) is 47.9 Å². The number of carbonyl (C=O) groups is 10. The lowest BCUT2D eigenvalue weighted by atomic mass is 9.88. The highest BCUT2D eigenvalue weighted by molar-refractivity contribution is 6.00. The quantitative estimate of drug-likeness (QED) is 0.138. The summed E-state index contributed by atoms with van der Waals surface area (Å²) < 4.78 is 11.7. The Hall–Kier alpha value is -8.44. The van der Waals surface area contributed by atoms with Crippen LogP contribution in [-0.4, -0.2) is 189 Å². The van der Waals surface area contributed by atoms with Crippen molar-refractivity contribution in [3.05, 3.63) is 84.5 Å². The van der Waals surface area contributed by atoms with Gasteiger partial charge in [0.05, 0.1) is 40.4 Å². The van der Waals surface area contributed by atoms with Crippen molar-refractivity contribution in [3.63, 3.8) is 0 Å². The molecule has 0 saturated carbocycles. The molecule has 4 aromatic rings. The van der Waals surface area contributed by atoms with Gasteiger partial charge in [-0.05, 0) is 74.6 Å². The lowest BCUT2D eigenvalue weighted by Crippen LogP contribution is -2.60. The average Bonchev–Trinajstić information content (AvgIpc) is 3.60. The monoisotopic (exact) mass is 1120 g/mol. The van der Waals surface area contributed by atoms with Crippen LogP contribution in [0.5, 0.6) is 0 Å². The van der Waals surface area contributed by atoms with Crippen LogP contribution >= 0.6 is 0 Å². The van der Waals surface area contributed by atoms with Gasteiger partial charge < -0.3 is 50.3 Å². The summed E-state index contributed by atoms with van der Waals surface area (Å²) in [6.07, 6.45) is 5.16. The predicted molar refractivity (Wildman–Crippen MR) is 296 cm³/mol. The minimum absolute atomic E-state index is 0.0661. The van der Waals surface area contributed by atoms with Crippen molar-refractivity contribution in [3.8, 4) is 0 Å². The Morgan fingerprint density at radius 1 is 0.568 bits per heavy atom. The minimum atomic E-state index is -1.66. The second-order valence-corrected chi connectivity index (χ2v) is 21.5. The minimum Gasteiger partial charge on any atom is -0.463 e. The van der Waals surface area contributed by atoms with E-state index in [4.69, 9.17) is 9.47 Å². The number of hydrogen-bond acceptors (Lipinski definition) is 16. The molecular formula is C57H74N12O12. The number of nitrogens with zero attached hydrogens (tertiary/aromatic N) is 8. The Bertz CT molecular complexity index is 3060. The summed E-state index contributed by atoms with van der Waals surface area (Å²) in [4.78, 5) is 166. The summed E-state index contributed by atoms with van der Waals surface area (Å²) >= 11 is 0. The molecule has 4 N–H and O–H groups in total. The van der Waals surface area contributed by atoms with E-state index in [0.29, 0.717) is 22.1 Å². The van der Waals surface area contributed by atoms with Crippen molar-refractivity contribution in [1.82, 2.24) is 60.8 Å². The highest BCUT2D eigenvalue weighted by atomic mass is 16.5. The molecule has 0 saturated heterocycles. The number of likely N-dealkylation sites (N-methyl/N-ethyl adjacent to an activating group) is 4. The molecule has 2 aromatic carbocycles. The van der Waals surface area contributed by atoms with Crippen LogP contribution in [0, 0.1) is 29.6 Å². The number of para-hydroxylation sites is 4. The van der Waals surface area contributed by atoms with Crippen LogP contribution in [0.4, 0.5) is 0 Å². The van der Waals surface area contributed by atoms with Crippen LogP contribution in [0.25, 0.3) is 22.1 Å². The second kappa shape index (κ2) is 27.1. The molecule has 8 amide bonds. The van der Waals surface area contributed by atoms with Gasteiger partial charge in [-0.1, -0.05) is 78.0 Å². The summed E-state index contributed by atoms with van der Waals surface area (Å²) in [5.74, 6) is -11.3. The summed E-state index contributed by atoms with van der Waals surface area (Å²) in [7, 11) is 5.44. The largest absolute Gasteiger partial charge is 0.463 e. The van der Waals surface area contributed by atoms with Crippen LogP contribution in [0.1, 0.15) is 89.2 Å². The molecule has 6 rings (SSSR count). The molecule has 24 heteroatoms. The molecule has 434 valence electrons. The topological polar surface area (TPSA) is 302 Å². The van der Waals surface area contributed by atoms with Gasteiger partial charge in [-0.3, -0.25) is 48.3 Å². The van der Waals surface area contributed by atoms with Gasteiger partial charge in [0.15, 0.2) is 0 Å². The molecule has 1 unspecified atom stereocenters. The highest BCUT2D eigenvalue weighted by Gasteiger charge is 2.43. The number of cyclic esters (lactones) is 2. The molecule has 10 atom stereocenters. The number of hydrogen-bond donors (Lipinski definition) is 4. The van der Waals surface area contributed by atoms with Crippen molar-refractivity contribution in [2.45, 2.75) is 111 Å². The van der Waals surface area contributed by atoms with E-state index < -0.39 is 139 Å². The van der Waals surface area contributed by atoms with Crippen LogP contribution < -0.4 is 21.3 Å². The van der Waals surface area contributed by atoms with Crippen LogP contribution in [-0.2, 0) is 47.8 Å². The molecule has 0 spiro atoms. The zero-order valence-electron chi connectivity index (χ0n) is 47.9. The molecule has 81 heavy (non-hydrogen) atoms. The van der Waals surface area contributed by atoms with Gasteiger partial charge in [-0.2, -0.15) is 0 Å². The van der Waals surface area contributed by atoms with E-state index in [-0.39, 0.29) is 36.1 Å². The smallest absolute Gasteiger partial charge is 0.329 e. The third kappa shape index (κ3) is 14.7. The first-order chi connectivity index (χ1) is 38.3. The first-order valence-electron chi connectivity index (χ1n) is 27.0. The van der Waals surface area contributed by atoms with E-state index in [0.717, 1.165) is 14.7 Å². The lowest BCUT2D eigenvalue weighted by molar-refractivity contribution is -0.162. The molecule has 4 heterocycles. The molecule has 0 fully saturated rings. The van der Waals surface area contributed by atoms with Gasteiger partial charge in [0.2, 0.25) is 35.4 Å². The molecule has 2 bridgehead atoms. The number of carbonyl (C=O) groups excluding carboxylic acids is 10. The van der Waals surface area contributed by atoms with Gasteiger partial charge in [0, 0.05) is 34.7 Å². The number of amides is 8. The Morgan fingerprint density at radius 2 is 0.975 bits per heavy atom. The van der Waals surface area contributed by atoms with Gasteiger partial charge in [-0.25, -0.2) is 19.6 Å². The molecule has 0 aliphatic carbocycles. The van der Waals surface area contributed by atoms with Gasteiger partial charge in [0.1, 0.15) is 66.9 Å². The maximum Gasteiger partial charge on any atom is 0.329 e. The maximum absolute atomic E-state index is 15.1. The van der Waals surface area contributed by atoms with Gasteiger partial charge in [-0.15, -0.1) is 0 Å². The molecule has 0 radical (unpaired) electrons. The highest BCUT2D eigenvalue weighted by Crippen LogP contribution is 2.26. The maximum atomic E-state index is 15.1. The summed E-state index contributed by atoms with van der Waals surface area (Å²) in [5.41, 5.74) is 1.61. The fourth-order valence-electron chi connectivity index (χ4n) is 9.51. The number of aromatic nitrogens is 4. The average molecular weight is 1120 g/mol. The SMILES string of the molecule is CC(C)[C@@H](C)C1C(=O)OC[C@@H](NC(=O)c2cnc3ccccc3n2)C(=O)N[C@@H](C)C(=O)N(C)[C@H]2C/C=C\C[C@@H](C(=O)N1C)N(C)C(=O)[C@H](C)NC(=O)[C@H](CNC(=O)c1cnc3ccccc3n1)COC(=O)[C@@H]([C@H](C)C(C)C)N(C)C2=O. The number of fused-ring (bicyclic) bond motifs is 6. The van der Waals surface area contributed by atoms with Crippen LogP contribution in [0.15, 0.2) is 73.1 Å². The summed E-state index contributed by atoms with van der Waals surface area (Å²) in [6, 6.07) is 3.89.